The normalized spacial score (nSPS) is 12.8. The van der Waals surface area contributed by atoms with Gasteiger partial charge in [-0.1, -0.05) is 60.1 Å². The third-order valence-electron chi connectivity index (χ3n) is 11.4. The Bertz CT molecular complexity index is 2940. The van der Waals surface area contributed by atoms with Gasteiger partial charge in [-0.3, -0.25) is 62.4 Å². The maximum absolute atomic E-state index is 12.8. The Kier molecular flexibility index (Phi) is 38.3. The average molecular weight is 1340 g/mol. The van der Waals surface area contributed by atoms with Crippen LogP contribution in [0.1, 0.15) is 149 Å². The summed E-state index contributed by atoms with van der Waals surface area (Å²) in [4.78, 5) is 139. The van der Waals surface area contributed by atoms with Gasteiger partial charge in [0.25, 0.3) is 5.91 Å². The highest BCUT2D eigenvalue weighted by Gasteiger charge is 2.28. The Hall–Kier alpha value is -8.36. The number of Topliss-reactive ketones (excluding diaryl/α,β-unsaturated/α-hetero) is 1. The number of anilines is 1. The van der Waals surface area contributed by atoms with Crippen LogP contribution >= 0.6 is 11.6 Å². The highest BCUT2D eigenvalue weighted by Crippen LogP contribution is 2.12. The SMILES string of the molecule is CC(=O)C(=O)NC(C)(C)C.CC(C)(C)NC(=O)C(=O)N1CCCC1.CC(C)(C)NC(=O)C(=O)NCCN1CCOCC1.CC(C)(C)NC(=O)C(=O)NCCc1ccc(Cl)cc1.CC(C)(C)NC(=O)C(=O)NCc1ccccc1.CC(C)NC(=O)C(=O)Nc1cccc(F)c1. The molecule has 11 amide bonds. The lowest BCUT2D eigenvalue weighted by atomic mass is 10.1. The zero-order chi connectivity index (χ0) is 72.2. The van der Waals surface area contributed by atoms with Crippen LogP contribution in [0.15, 0.2) is 78.9 Å². The molecule has 0 saturated carbocycles. The fraction of sp³-hybridized carbons (Fsp3) is 0.552. The molecule has 2 aliphatic rings. The van der Waals surface area contributed by atoms with E-state index in [0.29, 0.717) is 31.1 Å². The van der Waals surface area contributed by atoms with E-state index in [0.717, 1.165) is 76.0 Å². The second-order valence-electron chi connectivity index (χ2n) is 27.2. The average Bonchev–Trinajstić information content (AvgIpc) is 1.75. The smallest absolute Gasteiger partial charge is 0.313 e. The Morgan fingerprint density at radius 1 is 0.489 bits per heavy atom. The molecule has 10 N–H and O–H groups in total. The maximum Gasteiger partial charge on any atom is 0.313 e. The summed E-state index contributed by atoms with van der Waals surface area (Å²) in [6, 6.07) is 22.1. The van der Waals surface area contributed by atoms with Crippen LogP contribution in [0.25, 0.3) is 0 Å². The first-order valence-corrected chi connectivity index (χ1v) is 31.4. The first kappa shape index (κ1) is 85.6. The van der Waals surface area contributed by atoms with Crippen molar-refractivity contribution >= 4 is 88.1 Å². The van der Waals surface area contributed by atoms with Crippen LogP contribution in [-0.4, -0.2) is 173 Å². The first-order chi connectivity index (χ1) is 43.3. The molecule has 3 aromatic carbocycles. The molecular weight excluding hydrogens is 1240 g/mol. The van der Waals surface area contributed by atoms with Gasteiger partial charge in [0, 0.05) is 104 Å². The minimum absolute atomic E-state index is 0.120. The number of nitrogens with one attached hydrogen (secondary N) is 10. The molecule has 3 aromatic rings. The van der Waals surface area contributed by atoms with E-state index in [1.54, 1.807) is 30.9 Å². The minimum atomic E-state index is -0.806. The number of carbonyl (C=O) groups excluding carboxylic acids is 12. The number of likely N-dealkylation sites (tertiary alicyclic amines) is 1. The quantitative estimate of drug-likeness (QED) is 0.116. The van der Waals surface area contributed by atoms with Crippen molar-refractivity contribution in [3.63, 3.8) is 0 Å². The molecule has 0 unspecified atom stereocenters. The van der Waals surface area contributed by atoms with E-state index in [-0.39, 0.29) is 22.8 Å². The van der Waals surface area contributed by atoms with Crippen LogP contribution in [-0.2, 0) is 75.2 Å². The summed E-state index contributed by atoms with van der Waals surface area (Å²) in [5.41, 5.74) is 0.411. The molecule has 27 heteroatoms. The summed E-state index contributed by atoms with van der Waals surface area (Å²) in [7, 11) is 0. The van der Waals surface area contributed by atoms with Gasteiger partial charge in [-0.25, -0.2) is 4.39 Å². The largest absolute Gasteiger partial charge is 0.379 e. The van der Waals surface area contributed by atoms with Crippen molar-refractivity contribution in [2.75, 3.05) is 64.3 Å². The van der Waals surface area contributed by atoms with E-state index in [4.69, 9.17) is 16.3 Å². The van der Waals surface area contributed by atoms with Crippen molar-refractivity contribution in [3.8, 4) is 0 Å². The lowest BCUT2D eigenvalue weighted by Crippen LogP contribution is -2.49. The van der Waals surface area contributed by atoms with E-state index in [1.165, 1.54) is 25.1 Å². The molecule has 2 saturated heterocycles. The number of benzene rings is 3. The van der Waals surface area contributed by atoms with Gasteiger partial charge in [-0.15, -0.1) is 0 Å². The predicted octanol–water partition coefficient (Wildman–Crippen LogP) is 4.78. The molecule has 94 heavy (non-hydrogen) atoms. The number of morpholine rings is 1. The fourth-order valence-electron chi connectivity index (χ4n) is 7.30. The molecule has 5 rings (SSSR count). The lowest BCUT2D eigenvalue weighted by molar-refractivity contribution is -0.145. The second-order valence-corrected chi connectivity index (χ2v) is 27.6. The van der Waals surface area contributed by atoms with Gasteiger partial charge >= 0.3 is 59.1 Å². The van der Waals surface area contributed by atoms with E-state index >= 15 is 0 Å². The molecule has 0 aromatic heterocycles. The number of hydrogen-bond acceptors (Lipinski definition) is 14. The molecule has 2 aliphatic heterocycles. The van der Waals surface area contributed by atoms with E-state index in [9.17, 15) is 61.9 Å². The molecule has 524 valence electrons. The summed E-state index contributed by atoms with van der Waals surface area (Å²) in [5, 5.41) is 26.2. The minimum Gasteiger partial charge on any atom is -0.379 e. The van der Waals surface area contributed by atoms with Crippen molar-refractivity contribution in [2.45, 2.75) is 184 Å². The Balaban J connectivity index is 0.00000111. The van der Waals surface area contributed by atoms with Crippen molar-refractivity contribution in [1.29, 1.82) is 0 Å². The van der Waals surface area contributed by atoms with E-state index < -0.39 is 93.2 Å². The van der Waals surface area contributed by atoms with Gasteiger partial charge in [0.2, 0.25) is 5.78 Å². The standard InChI is InChI=1S/C14H19ClN2O2.C13H18N2O2.C12H23N3O3.C11H13FN2O2.C10H18N2O2.C7H13NO2/c1-14(2,3)17-13(19)12(18)16-9-8-10-4-6-11(15)7-5-10;1-13(2,3)15-12(17)11(16)14-9-10-7-5-4-6-8-10;1-12(2,3)14-11(17)10(16)13-4-5-15-6-8-18-9-7-15;1-7(2)13-10(15)11(16)14-9-5-3-4-8(12)6-9;1-10(2,3)11-8(13)9(14)12-6-4-5-7-12;1-5(9)6(10)8-7(2,3)4/h4-7H,8-9H2,1-3H3,(H,16,18)(H,17,19);4-8H,9H2,1-3H3,(H,14,16)(H,15,17);4-9H2,1-3H3,(H,13,16)(H,14,17);3-7H,1-2H3,(H,13,15)(H,14,16);4-7H2,1-3H3,(H,11,13);1-4H3,(H,8,10). The molecule has 0 spiro atoms. The third-order valence-corrected chi connectivity index (χ3v) is 11.7. The second kappa shape index (κ2) is 42.1. The van der Waals surface area contributed by atoms with Crippen LogP contribution in [0.4, 0.5) is 10.1 Å². The van der Waals surface area contributed by atoms with Crippen LogP contribution in [0.2, 0.25) is 5.02 Å². The van der Waals surface area contributed by atoms with Gasteiger partial charge in [-0.05, 0) is 178 Å². The molecular formula is C67H104ClFN12O13. The summed E-state index contributed by atoms with van der Waals surface area (Å²) < 4.78 is 18.0. The Labute approximate surface area is 559 Å². The highest BCUT2D eigenvalue weighted by atomic mass is 35.5. The maximum atomic E-state index is 12.8. The zero-order valence-electron chi connectivity index (χ0n) is 58.2. The fourth-order valence-corrected chi connectivity index (χ4v) is 7.43. The Morgan fingerprint density at radius 3 is 1.35 bits per heavy atom. The van der Waals surface area contributed by atoms with Gasteiger partial charge in [-0.2, -0.15) is 0 Å². The topological polar surface area (TPSA) is 341 Å². The number of carbonyl (C=O) groups is 12. The Morgan fingerprint density at radius 2 is 0.926 bits per heavy atom. The first-order valence-electron chi connectivity index (χ1n) is 31.0. The molecule has 0 radical (unpaired) electrons. The number of hydrogen-bond donors (Lipinski definition) is 10. The number of amides is 11. The number of nitrogens with zero attached hydrogens (tertiary/aromatic N) is 2. The number of rotatable bonds is 11. The van der Waals surface area contributed by atoms with Gasteiger partial charge in [0.05, 0.1) is 13.2 Å². The van der Waals surface area contributed by atoms with Crippen LogP contribution in [0, 0.1) is 5.82 Å². The van der Waals surface area contributed by atoms with Crippen molar-refractivity contribution in [1.82, 2.24) is 57.7 Å². The summed E-state index contributed by atoms with van der Waals surface area (Å²) >= 11 is 5.78. The summed E-state index contributed by atoms with van der Waals surface area (Å²) in [6.45, 7) is 39.0. The summed E-state index contributed by atoms with van der Waals surface area (Å²) in [6.07, 6.45) is 2.68. The van der Waals surface area contributed by atoms with E-state index in [2.05, 4.69) is 58.1 Å². The van der Waals surface area contributed by atoms with Crippen LogP contribution < -0.4 is 53.2 Å². The molecule has 0 aliphatic carbocycles. The number of ether oxygens (including phenoxy) is 1. The van der Waals surface area contributed by atoms with E-state index in [1.807, 2.05) is 146 Å². The molecule has 0 atom stereocenters. The molecule has 0 bridgehead atoms. The molecule has 25 nitrogen and oxygen atoms in total. The predicted molar refractivity (Wildman–Crippen MR) is 361 cm³/mol. The summed E-state index contributed by atoms with van der Waals surface area (Å²) in [5.74, 6) is -7.44. The van der Waals surface area contributed by atoms with Gasteiger partial charge in [0.15, 0.2) is 0 Å². The van der Waals surface area contributed by atoms with Crippen molar-refractivity contribution in [2.24, 2.45) is 0 Å². The molecule has 2 fully saturated rings. The third kappa shape index (κ3) is 45.0. The van der Waals surface area contributed by atoms with Gasteiger partial charge in [0.1, 0.15) is 5.82 Å². The molecule has 2 heterocycles. The van der Waals surface area contributed by atoms with Crippen LogP contribution in [0.5, 0.6) is 0 Å². The van der Waals surface area contributed by atoms with Crippen molar-refractivity contribution < 1.29 is 66.7 Å². The highest BCUT2D eigenvalue weighted by molar-refractivity contribution is 6.40. The zero-order valence-corrected chi connectivity index (χ0v) is 59.0. The van der Waals surface area contributed by atoms with Crippen LogP contribution in [0.3, 0.4) is 0 Å². The lowest BCUT2D eigenvalue weighted by Gasteiger charge is -2.26. The monoisotopic (exact) mass is 1340 g/mol. The van der Waals surface area contributed by atoms with Gasteiger partial charge < -0.3 is 62.8 Å². The number of halogens is 2. The van der Waals surface area contributed by atoms with Crippen molar-refractivity contribution in [3.05, 3.63) is 101 Å². The number of ketones is 1.